The largest absolute Gasteiger partial charge is 0.492 e. The molecule has 0 aliphatic carbocycles. The van der Waals surface area contributed by atoms with Crippen LogP contribution in [0, 0.1) is 10.5 Å². The molecule has 0 N–H and O–H groups in total. The minimum atomic E-state index is -0.0208. The van der Waals surface area contributed by atoms with Crippen LogP contribution in [0.5, 0.6) is 5.75 Å². The highest BCUT2D eigenvalue weighted by Gasteiger charge is 2.05. The van der Waals surface area contributed by atoms with Crippen LogP contribution in [-0.4, -0.2) is 16.2 Å². The molecule has 0 amide bonds. The molecule has 1 aromatic heterocycles. The summed E-state index contributed by atoms with van der Waals surface area (Å²) >= 11 is 5.36. The molecule has 0 radical (unpaired) electrons. The third-order valence-corrected chi connectivity index (χ3v) is 3.87. The summed E-state index contributed by atoms with van der Waals surface area (Å²) in [5, 5.41) is 0. The lowest BCUT2D eigenvalue weighted by Gasteiger charge is -2.10. The molecule has 2 aromatic rings. The Hall–Kier alpha value is -0.890. The maximum absolute atomic E-state index is 11.9. The maximum Gasteiger partial charge on any atom is 0.267 e. The van der Waals surface area contributed by atoms with Gasteiger partial charge in [-0.25, -0.2) is 4.98 Å². The van der Waals surface area contributed by atoms with Gasteiger partial charge in [0.2, 0.25) is 0 Å². The number of ether oxygens (including phenoxy) is 1. The Morgan fingerprint density at radius 2 is 2.05 bits per heavy atom. The number of hydrogen-bond acceptors (Lipinski definition) is 3. The topological polar surface area (TPSA) is 44.1 Å². The van der Waals surface area contributed by atoms with Crippen molar-refractivity contribution in [2.75, 3.05) is 6.61 Å². The Labute approximate surface area is 133 Å². The fourth-order valence-corrected chi connectivity index (χ4v) is 2.29. The van der Waals surface area contributed by atoms with Gasteiger partial charge in [0.1, 0.15) is 18.2 Å². The van der Waals surface area contributed by atoms with E-state index in [0.717, 1.165) is 10.2 Å². The van der Waals surface area contributed by atoms with Crippen LogP contribution >= 0.6 is 38.5 Å². The van der Waals surface area contributed by atoms with Gasteiger partial charge in [0.25, 0.3) is 5.56 Å². The van der Waals surface area contributed by atoms with E-state index in [1.54, 1.807) is 10.8 Å². The lowest BCUT2D eigenvalue weighted by Crippen LogP contribution is -2.27. The van der Waals surface area contributed by atoms with Crippen molar-refractivity contribution in [3.05, 3.63) is 54.7 Å². The van der Waals surface area contributed by atoms with E-state index in [1.807, 2.05) is 53.8 Å². The summed E-state index contributed by atoms with van der Waals surface area (Å²) in [5.41, 5.74) is -0.0208. The van der Waals surface area contributed by atoms with Crippen LogP contribution in [0.1, 0.15) is 5.82 Å². The Kier molecular flexibility index (Phi) is 4.98. The second-order valence-electron chi connectivity index (χ2n) is 3.91. The Morgan fingerprint density at radius 3 is 2.74 bits per heavy atom. The van der Waals surface area contributed by atoms with Crippen molar-refractivity contribution >= 4 is 38.5 Å². The van der Waals surface area contributed by atoms with E-state index >= 15 is 0 Å². The number of rotatable bonds is 4. The van der Waals surface area contributed by atoms with Crippen molar-refractivity contribution in [2.45, 2.75) is 13.5 Å². The number of hydrogen-bond donors (Lipinski definition) is 0. The molecule has 0 spiro atoms. The Morgan fingerprint density at radius 1 is 1.37 bits per heavy atom. The summed E-state index contributed by atoms with van der Waals surface area (Å²) < 4.78 is 8.86. The molecule has 1 heterocycles. The van der Waals surface area contributed by atoms with Crippen LogP contribution in [0.15, 0.2) is 39.7 Å². The summed E-state index contributed by atoms with van der Waals surface area (Å²) in [6.07, 6.45) is 1.59. The quantitative estimate of drug-likeness (QED) is 0.695. The van der Waals surface area contributed by atoms with Crippen molar-refractivity contribution in [3.8, 4) is 5.75 Å². The van der Waals surface area contributed by atoms with Crippen molar-refractivity contribution in [1.82, 2.24) is 9.55 Å². The molecular weight excluding hydrogens is 423 g/mol. The van der Waals surface area contributed by atoms with E-state index in [1.165, 1.54) is 0 Å². The molecule has 19 heavy (non-hydrogen) atoms. The second kappa shape index (κ2) is 6.51. The smallest absolute Gasteiger partial charge is 0.267 e. The zero-order chi connectivity index (χ0) is 13.8. The first-order valence-electron chi connectivity index (χ1n) is 5.68. The molecule has 0 bridgehead atoms. The van der Waals surface area contributed by atoms with Gasteiger partial charge in [-0.3, -0.25) is 9.36 Å². The normalized spacial score (nSPS) is 10.5. The fourth-order valence-electron chi connectivity index (χ4n) is 1.60. The average molecular weight is 435 g/mol. The summed E-state index contributed by atoms with van der Waals surface area (Å²) in [7, 11) is 0. The monoisotopic (exact) mass is 434 g/mol. The lowest BCUT2D eigenvalue weighted by atomic mass is 10.3. The number of halogens is 2. The highest BCUT2D eigenvalue weighted by molar-refractivity contribution is 14.1. The number of benzene rings is 1. The maximum atomic E-state index is 11.9. The zero-order valence-electron chi connectivity index (χ0n) is 10.3. The highest BCUT2D eigenvalue weighted by atomic mass is 127. The van der Waals surface area contributed by atoms with E-state index in [9.17, 15) is 4.79 Å². The molecule has 6 heteroatoms. The predicted molar refractivity (Wildman–Crippen MR) is 85.6 cm³/mol. The van der Waals surface area contributed by atoms with Crippen molar-refractivity contribution in [2.24, 2.45) is 0 Å². The van der Waals surface area contributed by atoms with Crippen LogP contribution in [0.25, 0.3) is 0 Å². The van der Waals surface area contributed by atoms with Gasteiger partial charge >= 0.3 is 0 Å². The van der Waals surface area contributed by atoms with Gasteiger partial charge in [0.15, 0.2) is 0 Å². The second-order valence-corrected chi connectivity index (χ2v) is 5.99. The van der Waals surface area contributed by atoms with Gasteiger partial charge in [-0.1, -0.05) is 15.9 Å². The van der Waals surface area contributed by atoms with Gasteiger partial charge in [0.05, 0.1) is 10.1 Å². The Bertz CT molecular complexity index is 626. The number of nitrogens with zero attached hydrogens (tertiary/aromatic N) is 2. The van der Waals surface area contributed by atoms with Crippen LogP contribution in [0.2, 0.25) is 0 Å². The van der Waals surface area contributed by atoms with Gasteiger partial charge in [-0.05, 0) is 53.8 Å². The average Bonchev–Trinajstić information content (AvgIpc) is 2.40. The molecule has 0 fully saturated rings. The molecule has 4 nitrogen and oxygen atoms in total. The first-order chi connectivity index (χ1) is 9.08. The molecule has 0 aliphatic rings. The van der Waals surface area contributed by atoms with Gasteiger partial charge in [0, 0.05) is 10.7 Å². The molecule has 2 rings (SSSR count). The first kappa shape index (κ1) is 14.5. The van der Waals surface area contributed by atoms with Crippen molar-refractivity contribution in [3.63, 3.8) is 0 Å². The van der Waals surface area contributed by atoms with Crippen LogP contribution in [-0.2, 0) is 6.54 Å². The molecule has 0 aliphatic heterocycles. The van der Waals surface area contributed by atoms with Crippen molar-refractivity contribution in [1.29, 1.82) is 0 Å². The van der Waals surface area contributed by atoms with Crippen LogP contribution < -0.4 is 10.3 Å². The summed E-state index contributed by atoms with van der Waals surface area (Å²) in [6, 6.07) is 7.60. The van der Waals surface area contributed by atoms with Gasteiger partial charge in [-0.15, -0.1) is 0 Å². The minimum Gasteiger partial charge on any atom is -0.492 e. The van der Waals surface area contributed by atoms with E-state index in [4.69, 9.17) is 4.74 Å². The molecular formula is C13H12BrIN2O2. The van der Waals surface area contributed by atoms with Crippen LogP contribution in [0.3, 0.4) is 0 Å². The minimum absolute atomic E-state index is 0.0208. The Balaban J connectivity index is 2.02. The third kappa shape index (κ3) is 3.79. The predicted octanol–water partition coefficient (Wildman–Crippen LogP) is 3.00. The van der Waals surface area contributed by atoms with Gasteiger partial charge < -0.3 is 4.74 Å². The molecule has 0 atom stereocenters. The van der Waals surface area contributed by atoms with E-state index < -0.39 is 0 Å². The fraction of sp³-hybridized carbons (Fsp3) is 0.231. The van der Waals surface area contributed by atoms with Crippen LogP contribution in [0.4, 0.5) is 0 Å². The van der Waals surface area contributed by atoms with E-state index in [0.29, 0.717) is 22.5 Å². The van der Waals surface area contributed by atoms with E-state index in [-0.39, 0.29) is 5.56 Å². The zero-order valence-corrected chi connectivity index (χ0v) is 14.0. The van der Waals surface area contributed by atoms with E-state index in [2.05, 4.69) is 20.9 Å². The summed E-state index contributed by atoms with van der Waals surface area (Å²) in [6.45, 7) is 2.74. The summed E-state index contributed by atoms with van der Waals surface area (Å²) in [4.78, 5) is 16.1. The molecule has 0 unspecified atom stereocenters. The first-order valence-corrected chi connectivity index (χ1v) is 7.55. The standard InChI is InChI=1S/C13H12BrIN2O2/c1-9-16-8-12(15)13(18)17(9)6-7-19-11-4-2-10(14)3-5-11/h2-5,8H,6-7H2,1H3. The van der Waals surface area contributed by atoms with Gasteiger partial charge in [-0.2, -0.15) is 0 Å². The molecule has 0 saturated carbocycles. The summed E-state index contributed by atoms with van der Waals surface area (Å²) in [5.74, 6) is 1.48. The number of aryl methyl sites for hydroxylation is 1. The lowest BCUT2D eigenvalue weighted by molar-refractivity contribution is 0.293. The molecule has 100 valence electrons. The highest BCUT2D eigenvalue weighted by Crippen LogP contribution is 2.15. The SMILES string of the molecule is Cc1ncc(I)c(=O)n1CCOc1ccc(Br)cc1. The molecule has 1 aromatic carbocycles. The molecule has 0 saturated heterocycles. The third-order valence-electron chi connectivity index (χ3n) is 2.60. The number of aromatic nitrogens is 2. The van der Waals surface area contributed by atoms with Crippen molar-refractivity contribution < 1.29 is 4.74 Å².